The summed E-state index contributed by atoms with van der Waals surface area (Å²) in [5, 5.41) is 0. The number of carbonyl (C=O) groups excluding carboxylic acids is 1. The Bertz CT molecular complexity index is 930. The lowest BCUT2D eigenvalue weighted by Crippen LogP contribution is -2.21. The van der Waals surface area contributed by atoms with Crippen LogP contribution in [0.4, 0.5) is 11.4 Å². The van der Waals surface area contributed by atoms with Gasteiger partial charge in [0.05, 0.1) is 0 Å². The van der Waals surface area contributed by atoms with Gasteiger partial charge in [0.15, 0.2) is 5.78 Å². The van der Waals surface area contributed by atoms with E-state index in [4.69, 9.17) is 0 Å². The predicted molar refractivity (Wildman–Crippen MR) is 139 cm³/mol. The van der Waals surface area contributed by atoms with Crippen molar-refractivity contribution in [3.8, 4) is 0 Å². The molecule has 0 heterocycles. The lowest BCUT2D eigenvalue weighted by molar-refractivity contribution is -0.115. The Kier molecular flexibility index (Phi) is 8.72. The first-order chi connectivity index (χ1) is 15.6. The van der Waals surface area contributed by atoms with Crippen LogP contribution in [0.3, 0.4) is 0 Å². The van der Waals surface area contributed by atoms with Gasteiger partial charge >= 0.3 is 0 Å². The lowest BCUT2D eigenvalue weighted by Gasteiger charge is -2.21. The number of hydrogen-bond donors (Lipinski definition) is 0. The fourth-order valence-corrected chi connectivity index (χ4v) is 4.47. The minimum absolute atomic E-state index is 0.290. The zero-order valence-corrected chi connectivity index (χ0v) is 20.2. The normalized spacial score (nSPS) is 16.9. The number of hydrogen-bond acceptors (Lipinski definition) is 3. The number of rotatable bonds is 8. The quantitative estimate of drug-likeness (QED) is 0.333. The smallest absolute Gasteiger partial charge is 0.159 e. The third-order valence-electron chi connectivity index (χ3n) is 6.50. The second-order valence-electron chi connectivity index (χ2n) is 8.42. The fraction of sp³-hybridized carbons (Fsp3) is 0.414. The fourth-order valence-electron chi connectivity index (χ4n) is 4.47. The van der Waals surface area contributed by atoms with Crippen LogP contribution in [0.5, 0.6) is 0 Å². The summed E-state index contributed by atoms with van der Waals surface area (Å²) in [6, 6.07) is 17.4. The van der Waals surface area contributed by atoms with Crippen LogP contribution < -0.4 is 9.80 Å². The van der Waals surface area contributed by atoms with E-state index < -0.39 is 0 Å². The second-order valence-corrected chi connectivity index (χ2v) is 8.42. The van der Waals surface area contributed by atoms with Gasteiger partial charge in [0.25, 0.3) is 0 Å². The SMILES string of the molecule is CCN(CC)c1ccc(C=C2CCC(=O)C(=Cc3ccc(N(CC)CC)cc3)CC2)cc1. The summed E-state index contributed by atoms with van der Waals surface area (Å²) in [7, 11) is 0. The molecular weight excluding hydrogens is 392 g/mol. The maximum absolute atomic E-state index is 12.8. The van der Waals surface area contributed by atoms with Crippen molar-refractivity contribution in [3.05, 3.63) is 70.8 Å². The van der Waals surface area contributed by atoms with Crippen molar-refractivity contribution < 1.29 is 4.79 Å². The molecule has 0 aliphatic heterocycles. The third kappa shape index (κ3) is 6.12. The summed E-state index contributed by atoms with van der Waals surface area (Å²) in [6.07, 6.45) is 7.60. The van der Waals surface area contributed by atoms with Crippen LogP contribution in [0, 0.1) is 0 Å². The number of Topliss-reactive ketones (excluding diaryl/α,β-unsaturated/α-hetero) is 1. The van der Waals surface area contributed by atoms with E-state index in [1.54, 1.807) is 0 Å². The van der Waals surface area contributed by atoms with Gasteiger partial charge in [-0.15, -0.1) is 0 Å². The number of allylic oxidation sites excluding steroid dienone is 2. The molecule has 0 amide bonds. The van der Waals surface area contributed by atoms with Crippen LogP contribution >= 0.6 is 0 Å². The molecule has 0 spiro atoms. The monoisotopic (exact) mass is 430 g/mol. The molecule has 0 radical (unpaired) electrons. The first kappa shape index (κ1) is 23.8. The molecule has 0 aromatic heterocycles. The maximum Gasteiger partial charge on any atom is 0.159 e. The molecule has 0 unspecified atom stereocenters. The van der Waals surface area contributed by atoms with Crippen molar-refractivity contribution in [2.75, 3.05) is 36.0 Å². The minimum atomic E-state index is 0.290. The van der Waals surface area contributed by atoms with Crippen molar-refractivity contribution in [1.82, 2.24) is 0 Å². The molecule has 1 aliphatic carbocycles. The molecule has 3 heteroatoms. The van der Waals surface area contributed by atoms with Gasteiger partial charge < -0.3 is 9.80 Å². The Morgan fingerprint density at radius 1 is 0.625 bits per heavy atom. The van der Waals surface area contributed by atoms with Gasteiger partial charge in [-0.25, -0.2) is 0 Å². The van der Waals surface area contributed by atoms with E-state index in [1.165, 1.54) is 22.5 Å². The highest BCUT2D eigenvalue weighted by molar-refractivity contribution is 6.00. The predicted octanol–water partition coefficient (Wildman–Crippen LogP) is 6.99. The molecule has 0 saturated heterocycles. The summed E-state index contributed by atoms with van der Waals surface area (Å²) >= 11 is 0. The van der Waals surface area contributed by atoms with Gasteiger partial charge in [-0.1, -0.05) is 35.9 Å². The molecule has 1 aliphatic rings. The highest BCUT2D eigenvalue weighted by Gasteiger charge is 2.16. The van der Waals surface area contributed by atoms with E-state index in [2.05, 4.69) is 98.2 Å². The number of anilines is 2. The molecule has 0 N–H and O–H groups in total. The summed E-state index contributed by atoms with van der Waals surface area (Å²) in [5.74, 6) is 0.290. The van der Waals surface area contributed by atoms with Crippen molar-refractivity contribution in [3.63, 3.8) is 0 Å². The number of ketones is 1. The summed E-state index contributed by atoms with van der Waals surface area (Å²) in [5.41, 5.74) is 7.17. The molecular formula is C29H38N2O. The Morgan fingerprint density at radius 2 is 1.06 bits per heavy atom. The van der Waals surface area contributed by atoms with Gasteiger partial charge in [0.1, 0.15) is 0 Å². The van der Waals surface area contributed by atoms with Crippen LogP contribution in [0.25, 0.3) is 12.2 Å². The zero-order chi connectivity index (χ0) is 22.9. The van der Waals surface area contributed by atoms with Crippen LogP contribution in [0.2, 0.25) is 0 Å². The van der Waals surface area contributed by atoms with Gasteiger partial charge in [-0.05, 0) is 94.0 Å². The number of carbonyl (C=O) groups is 1. The van der Waals surface area contributed by atoms with Crippen LogP contribution in [0.1, 0.15) is 64.5 Å². The van der Waals surface area contributed by atoms with Crippen LogP contribution in [-0.4, -0.2) is 32.0 Å². The lowest BCUT2D eigenvalue weighted by atomic mass is 10.0. The number of nitrogens with zero attached hydrogens (tertiary/aromatic N) is 2. The number of benzene rings is 2. The van der Waals surface area contributed by atoms with Gasteiger partial charge in [-0.3, -0.25) is 4.79 Å². The van der Waals surface area contributed by atoms with Crippen LogP contribution in [-0.2, 0) is 4.79 Å². The van der Waals surface area contributed by atoms with Crippen molar-refractivity contribution in [1.29, 1.82) is 0 Å². The molecule has 0 atom stereocenters. The minimum Gasteiger partial charge on any atom is -0.372 e. The average molecular weight is 431 g/mol. The van der Waals surface area contributed by atoms with Gasteiger partial charge in [0.2, 0.25) is 0 Å². The highest BCUT2D eigenvalue weighted by Crippen LogP contribution is 2.28. The maximum atomic E-state index is 12.8. The Labute approximate surface area is 194 Å². The Morgan fingerprint density at radius 3 is 1.53 bits per heavy atom. The summed E-state index contributed by atoms with van der Waals surface area (Å²) < 4.78 is 0. The average Bonchev–Trinajstić information content (AvgIpc) is 2.99. The second kappa shape index (κ2) is 11.7. The summed E-state index contributed by atoms with van der Waals surface area (Å²) in [4.78, 5) is 17.4. The Balaban J connectivity index is 1.69. The molecule has 1 saturated carbocycles. The molecule has 0 bridgehead atoms. The first-order valence-electron chi connectivity index (χ1n) is 12.2. The molecule has 3 rings (SSSR count). The van der Waals surface area contributed by atoms with E-state index >= 15 is 0 Å². The molecule has 32 heavy (non-hydrogen) atoms. The first-order valence-corrected chi connectivity index (χ1v) is 12.2. The van der Waals surface area contributed by atoms with E-state index in [0.29, 0.717) is 6.42 Å². The molecule has 1 fully saturated rings. The highest BCUT2D eigenvalue weighted by atomic mass is 16.1. The van der Waals surface area contributed by atoms with E-state index in [0.717, 1.165) is 56.6 Å². The van der Waals surface area contributed by atoms with Gasteiger partial charge in [-0.2, -0.15) is 0 Å². The standard InChI is InChI=1S/C29H38N2O/c1-5-30(6-2)27-16-10-24(11-17-27)21-23-9-15-26(29(32)20-14-23)22-25-12-18-28(19-13-25)31(7-3)8-4/h10-13,16-19,21-22H,5-9,14-15,20H2,1-4H3. The molecule has 2 aromatic carbocycles. The van der Waals surface area contributed by atoms with Crippen molar-refractivity contribution >= 4 is 29.3 Å². The molecule has 170 valence electrons. The molecule has 3 nitrogen and oxygen atoms in total. The van der Waals surface area contributed by atoms with Gasteiger partial charge in [0, 0.05) is 44.0 Å². The van der Waals surface area contributed by atoms with E-state index in [-0.39, 0.29) is 5.78 Å². The largest absolute Gasteiger partial charge is 0.372 e. The van der Waals surface area contributed by atoms with Crippen molar-refractivity contribution in [2.24, 2.45) is 0 Å². The van der Waals surface area contributed by atoms with E-state index in [1.807, 2.05) is 0 Å². The van der Waals surface area contributed by atoms with Crippen LogP contribution in [0.15, 0.2) is 59.7 Å². The summed E-state index contributed by atoms with van der Waals surface area (Å²) in [6.45, 7) is 12.8. The molecule has 2 aromatic rings. The third-order valence-corrected chi connectivity index (χ3v) is 6.50. The van der Waals surface area contributed by atoms with E-state index in [9.17, 15) is 4.79 Å². The topological polar surface area (TPSA) is 23.6 Å². The zero-order valence-electron chi connectivity index (χ0n) is 20.2. The Hall–Kier alpha value is -2.81. The van der Waals surface area contributed by atoms with Crippen molar-refractivity contribution in [2.45, 2.75) is 53.4 Å².